The van der Waals surface area contributed by atoms with Gasteiger partial charge >= 0.3 is 6.09 Å². The first kappa shape index (κ1) is 15.7. The number of hydrogen-bond donors (Lipinski definition) is 0. The van der Waals surface area contributed by atoms with Crippen molar-refractivity contribution in [1.29, 1.82) is 0 Å². The van der Waals surface area contributed by atoms with Crippen molar-refractivity contribution in [2.24, 2.45) is 5.16 Å². The van der Waals surface area contributed by atoms with Crippen LogP contribution in [0.4, 0.5) is 4.79 Å². The van der Waals surface area contributed by atoms with Gasteiger partial charge in [0, 0.05) is 13.6 Å². The van der Waals surface area contributed by atoms with Crippen LogP contribution < -0.4 is 0 Å². The number of carbonyl (C=O) groups is 1. The molecule has 1 rings (SSSR count). The topological polar surface area (TPSA) is 51.1 Å². The fraction of sp³-hybridized carbons (Fsp3) is 0.818. The Labute approximate surface area is 117 Å². The zero-order chi connectivity index (χ0) is 13.2. The standard InChI is InChI=1S/C11H20N2O3S2/c1-3-4-5-6-7-13(2)11(14)16-12-10-17-8-15-9-18-10/h3-9H2,1-2H3. The van der Waals surface area contributed by atoms with Crippen LogP contribution in [0.2, 0.25) is 0 Å². The van der Waals surface area contributed by atoms with Gasteiger partial charge in [0.25, 0.3) is 0 Å². The quantitative estimate of drug-likeness (QED) is 0.427. The van der Waals surface area contributed by atoms with E-state index in [0.717, 1.165) is 17.2 Å². The van der Waals surface area contributed by atoms with Crippen LogP contribution in [0.25, 0.3) is 0 Å². The molecule has 0 aromatic heterocycles. The van der Waals surface area contributed by atoms with Crippen LogP contribution in [0.3, 0.4) is 0 Å². The summed E-state index contributed by atoms with van der Waals surface area (Å²) in [6.45, 7) is 2.88. The van der Waals surface area contributed by atoms with Gasteiger partial charge in [-0.1, -0.05) is 54.9 Å². The summed E-state index contributed by atoms with van der Waals surface area (Å²) < 4.78 is 5.87. The third kappa shape index (κ3) is 6.51. The van der Waals surface area contributed by atoms with Crippen molar-refractivity contribution in [3.63, 3.8) is 0 Å². The predicted octanol–water partition coefficient (Wildman–Crippen LogP) is 3.32. The first-order valence-electron chi connectivity index (χ1n) is 6.07. The third-order valence-electron chi connectivity index (χ3n) is 2.39. The number of thioether (sulfide) groups is 2. The number of nitrogens with zero attached hydrogens (tertiary/aromatic N) is 2. The van der Waals surface area contributed by atoms with E-state index in [2.05, 4.69) is 12.1 Å². The van der Waals surface area contributed by atoms with Gasteiger partial charge in [0.15, 0.2) is 4.38 Å². The highest BCUT2D eigenvalue weighted by molar-refractivity contribution is 8.39. The predicted molar refractivity (Wildman–Crippen MR) is 76.7 cm³/mol. The Bertz CT molecular complexity index is 279. The smallest absolute Gasteiger partial charge is 0.359 e. The van der Waals surface area contributed by atoms with Gasteiger partial charge in [-0.05, 0) is 6.42 Å². The molecule has 0 aliphatic carbocycles. The highest BCUT2D eigenvalue weighted by Crippen LogP contribution is 2.23. The average molecular weight is 292 g/mol. The van der Waals surface area contributed by atoms with E-state index in [1.807, 2.05) is 0 Å². The number of carbonyl (C=O) groups excluding carboxylic acids is 1. The minimum Gasteiger partial charge on any atom is -0.359 e. The second-order valence-electron chi connectivity index (χ2n) is 3.93. The van der Waals surface area contributed by atoms with Crippen molar-refractivity contribution >= 4 is 34.0 Å². The molecule has 0 bridgehead atoms. The van der Waals surface area contributed by atoms with E-state index < -0.39 is 6.09 Å². The lowest BCUT2D eigenvalue weighted by Gasteiger charge is -2.15. The van der Waals surface area contributed by atoms with Gasteiger partial charge in [-0.3, -0.25) is 4.84 Å². The molecule has 0 N–H and O–H groups in total. The largest absolute Gasteiger partial charge is 0.435 e. The summed E-state index contributed by atoms with van der Waals surface area (Å²) >= 11 is 2.87. The molecule has 0 atom stereocenters. The minimum absolute atomic E-state index is 0.397. The fourth-order valence-electron chi connectivity index (χ4n) is 1.33. The van der Waals surface area contributed by atoms with Crippen LogP contribution >= 0.6 is 23.5 Å². The minimum atomic E-state index is -0.397. The molecule has 1 fully saturated rings. The molecule has 18 heavy (non-hydrogen) atoms. The maximum absolute atomic E-state index is 11.6. The molecule has 0 aromatic carbocycles. The molecular formula is C11H20N2O3S2. The summed E-state index contributed by atoms with van der Waals surface area (Å²) in [7, 11) is 1.73. The Kier molecular flexibility index (Phi) is 8.28. The average Bonchev–Trinajstić information content (AvgIpc) is 2.42. The van der Waals surface area contributed by atoms with Gasteiger partial charge in [0.05, 0.1) is 11.9 Å². The first-order chi connectivity index (χ1) is 8.74. The molecule has 104 valence electrons. The van der Waals surface area contributed by atoms with Crippen molar-refractivity contribution in [2.75, 3.05) is 25.5 Å². The second-order valence-corrected chi connectivity index (χ2v) is 6.01. The van der Waals surface area contributed by atoms with Gasteiger partial charge in [0.1, 0.15) is 0 Å². The van der Waals surface area contributed by atoms with Crippen LogP contribution in [-0.2, 0) is 9.57 Å². The normalized spacial score (nSPS) is 15.3. The van der Waals surface area contributed by atoms with Gasteiger partial charge in [0.2, 0.25) is 0 Å². The van der Waals surface area contributed by atoms with Crippen LogP contribution in [0.15, 0.2) is 5.16 Å². The van der Waals surface area contributed by atoms with Crippen molar-refractivity contribution in [3.8, 4) is 0 Å². The van der Waals surface area contributed by atoms with Gasteiger partial charge < -0.3 is 9.64 Å². The lowest BCUT2D eigenvalue weighted by Crippen LogP contribution is -2.27. The van der Waals surface area contributed by atoms with E-state index in [4.69, 9.17) is 9.57 Å². The number of amides is 1. The lowest BCUT2D eigenvalue weighted by atomic mass is 10.2. The van der Waals surface area contributed by atoms with E-state index in [1.165, 1.54) is 36.4 Å². The highest BCUT2D eigenvalue weighted by Gasteiger charge is 2.13. The monoisotopic (exact) mass is 292 g/mol. The highest BCUT2D eigenvalue weighted by atomic mass is 32.2. The molecular weight excluding hydrogens is 272 g/mol. The van der Waals surface area contributed by atoms with E-state index >= 15 is 0 Å². The maximum atomic E-state index is 11.6. The summed E-state index contributed by atoms with van der Waals surface area (Å²) in [6.07, 6.45) is 4.15. The molecule has 0 aromatic rings. The molecule has 1 saturated heterocycles. The molecule has 0 radical (unpaired) electrons. The Hall–Kier alpha value is -0.400. The summed E-state index contributed by atoms with van der Waals surface area (Å²) in [4.78, 5) is 18.0. The number of ether oxygens (including phenoxy) is 1. The van der Waals surface area contributed by atoms with E-state index in [1.54, 1.807) is 11.9 Å². The first-order valence-corrected chi connectivity index (χ1v) is 8.04. The van der Waals surface area contributed by atoms with Crippen molar-refractivity contribution in [2.45, 2.75) is 32.6 Å². The van der Waals surface area contributed by atoms with Gasteiger partial charge in [-0.15, -0.1) is 0 Å². The molecule has 5 nitrogen and oxygen atoms in total. The SMILES string of the molecule is CCCCCCN(C)C(=O)ON=C1SCOCS1. The number of oxime groups is 1. The van der Waals surface area contributed by atoms with Crippen LogP contribution in [-0.4, -0.2) is 40.8 Å². The summed E-state index contributed by atoms with van der Waals surface area (Å²) in [6, 6.07) is 0. The molecule has 0 spiro atoms. The Morgan fingerprint density at radius 1 is 1.39 bits per heavy atom. The van der Waals surface area contributed by atoms with Crippen LogP contribution in [0, 0.1) is 0 Å². The van der Waals surface area contributed by atoms with E-state index in [9.17, 15) is 4.79 Å². The van der Waals surface area contributed by atoms with E-state index in [0.29, 0.717) is 18.4 Å². The van der Waals surface area contributed by atoms with Gasteiger partial charge in [-0.25, -0.2) is 4.79 Å². The maximum Gasteiger partial charge on any atom is 0.435 e. The van der Waals surface area contributed by atoms with Crippen LogP contribution in [0.1, 0.15) is 32.6 Å². The summed E-state index contributed by atoms with van der Waals surface area (Å²) in [5, 5.41) is 3.82. The van der Waals surface area contributed by atoms with Crippen molar-refractivity contribution in [1.82, 2.24) is 4.90 Å². The number of unbranched alkanes of at least 4 members (excludes halogenated alkanes) is 3. The van der Waals surface area contributed by atoms with Crippen molar-refractivity contribution in [3.05, 3.63) is 0 Å². The van der Waals surface area contributed by atoms with Crippen LogP contribution in [0.5, 0.6) is 0 Å². The molecule has 1 aliphatic heterocycles. The Balaban J connectivity index is 2.18. The molecule has 7 heteroatoms. The number of rotatable bonds is 6. The van der Waals surface area contributed by atoms with Crippen molar-refractivity contribution < 1.29 is 14.4 Å². The Morgan fingerprint density at radius 3 is 2.78 bits per heavy atom. The molecule has 1 amide bonds. The molecule has 0 saturated carbocycles. The number of hydrogen-bond acceptors (Lipinski definition) is 6. The molecule has 0 unspecified atom stereocenters. The second kappa shape index (κ2) is 9.52. The lowest BCUT2D eigenvalue weighted by molar-refractivity contribution is 0.114. The summed E-state index contributed by atoms with van der Waals surface area (Å²) in [5.41, 5.74) is 0. The molecule has 1 aliphatic rings. The zero-order valence-electron chi connectivity index (χ0n) is 10.9. The zero-order valence-corrected chi connectivity index (χ0v) is 12.5. The van der Waals surface area contributed by atoms with E-state index in [-0.39, 0.29) is 0 Å². The summed E-state index contributed by atoms with van der Waals surface area (Å²) in [5.74, 6) is 1.13. The fourth-order valence-corrected chi connectivity index (χ4v) is 2.77. The van der Waals surface area contributed by atoms with Gasteiger partial charge in [-0.2, -0.15) is 0 Å². The third-order valence-corrected chi connectivity index (χ3v) is 4.31. The Morgan fingerprint density at radius 2 is 2.11 bits per heavy atom. The molecule has 1 heterocycles.